The van der Waals surface area contributed by atoms with Gasteiger partial charge in [0.05, 0.1) is 18.7 Å². The lowest BCUT2D eigenvalue weighted by molar-refractivity contribution is -0.154. The highest BCUT2D eigenvalue weighted by Crippen LogP contribution is 2.45. The zero-order valence-electron chi connectivity index (χ0n) is 12.3. The second-order valence-electron chi connectivity index (χ2n) is 4.83. The zero-order valence-corrected chi connectivity index (χ0v) is 12.3. The van der Waals surface area contributed by atoms with Crippen molar-refractivity contribution in [3.63, 3.8) is 0 Å². The van der Waals surface area contributed by atoms with Crippen molar-refractivity contribution in [2.75, 3.05) is 6.61 Å². The van der Waals surface area contributed by atoms with E-state index in [0.717, 1.165) is 0 Å². The Morgan fingerprint density at radius 3 is 2.19 bits per heavy atom. The molecular weight excluding hydrogens is 271 g/mol. The molecule has 0 N–H and O–H groups in total. The van der Waals surface area contributed by atoms with Gasteiger partial charge in [0.2, 0.25) is 0 Å². The van der Waals surface area contributed by atoms with E-state index in [4.69, 9.17) is 4.74 Å². The van der Waals surface area contributed by atoms with Gasteiger partial charge in [-0.2, -0.15) is 10.5 Å². The molecule has 0 bridgehead atoms. The summed E-state index contributed by atoms with van der Waals surface area (Å²) in [4.78, 5) is 12.3. The Hall–Kier alpha value is -2.40. The van der Waals surface area contributed by atoms with Gasteiger partial charge in [-0.15, -0.1) is 0 Å². The largest absolute Gasteiger partial charge is 0.465 e. The first-order valence-corrected chi connectivity index (χ1v) is 6.67. The highest BCUT2D eigenvalue weighted by atomic mass is 19.1. The molecule has 0 fully saturated rings. The molecular formula is C16H17FN2O2. The average molecular weight is 288 g/mol. The number of esters is 1. The van der Waals surface area contributed by atoms with Gasteiger partial charge in [0.25, 0.3) is 0 Å². The normalized spacial score (nSPS) is 15.9. The van der Waals surface area contributed by atoms with E-state index < -0.39 is 22.6 Å². The molecule has 1 aromatic rings. The lowest BCUT2D eigenvalue weighted by atomic mass is 9.61. The molecule has 0 radical (unpaired) electrons. The molecule has 0 aliphatic rings. The fourth-order valence-corrected chi connectivity index (χ4v) is 2.38. The lowest BCUT2D eigenvalue weighted by Crippen LogP contribution is -2.48. The molecule has 0 aliphatic heterocycles. The molecule has 0 spiro atoms. The summed E-state index contributed by atoms with van der Waals surface area (Å²) in [6.45, 7) is 4.91. The van der Waals surface area contributed by atoms with Crippen LogP contribution in [-0.4, -0.2) is 12.6 Å². The molecule has 0 heterocycles. The number of halogens is 1. The Kier molecular flexibility index (Phi) is 5.05. The fraction of sp³-hybridized carbons (Fsp3) is 0.438. The van der Waals surface area contributed by atoms with Crippen LogP contribution < -0.4 is 0 Å². The van der Waals surface area contributed by atoms with Crippen LogP contribution in [0, 0.1) is 33.9 Å². The number of ether oxygens (including phenoxy) is 1. The third-order valence-corrected chi connectivity index (χ3v) is 3.84. The third-order valence-electron chi connectivity index (χ3n) is 3.84. The van der Waals surface area contributed by atoms with Crippen molar-refractivity contribution in [1.29, 1.82) is 10.5 Å². The minimum Gasteiger partial charge on any atom is -0.465 e. The number of nitrogens with zero attached hydrogens (tertiary/aromatic N) is 2. The molecule has 0 aliphatic carbocycles. The Morgan fingerprint density at radius 1 is 1.24 bits per heavy atom. The van der Waals surface area contributed by atoms with Gasteiger partial charge in [-0.05, 0) is 38.0 Å². The summed E-state index contributed by atoms with van der Waals surface area (Å²) in [7, 11) is 0. The summed E-state index contributed by atoms with van der Waals surface area (Å²) in [6.07, 6.45) is 0.115. The first-order chi connectivity index (χ1) is 9.91. The lowest BCUT2D eigenvalue weighted by Gasteiger charge is -2.36. The Bertz CT molecular complexity index is 600. The van der Waals surface area contributed by atoms with Crippen LogP contribution in [0.15, 0.2) is 24.3 Å². The highest BCUT2D eigenvalue weighted by molar-refractivity contribution is 5.83. The third kappa shape index (κ3) is 2.60. The van der Waals surface area contributed by atoms with Crippen LogP contribution in [0.3, 0.4) is 0 Å². The van der Waals surface area contributed by atoms with Gasteiger partial charge >= 0.3 is 5.97 Å². The van der Waals surface area contributed by atoms with E-state index in [-0.39, 0.29) is 13.0 Å². The number of nitriles is 2. The van der Waals surface area contributed by atoms with E-state index in [2.05, 4.69) is 6.07 Å². The standard InChI is InChI=1S/C16H17FN2O2/c1-4-16(11-19,14(20)21-5-2)15(3,10-18)12-6-8-13(17)9-7-12/h6-9H,4-5H2,1-3H3/t15-,16+/m1/s1. The van der Waals surface area contributed by atoms with Gasteiger partial charge in [-0.25, -0.2) is 4.39 Å². The summed E-state index contributed by atoms with van der Waals surface area (Å²) in [5.41, 5.74) is -2.67. The topological polar surface area (TPSA) is 73.9 Å². The van der Waals surface area contributed by atoms with Crippen LogP contribution in [0.2, 0.25) is 0 Å². The number of rotatable bonds is 5. The number of hydrogen-bond acceptors (Lipinski definition) is 4. The summed E-state index contributed by atoms with van der Waals surface area (Å²) in [5.74, 6) is -1.18. The minimum atomic E-state index is -1.64. The van der Waals surface area contributed by atoms with Gasteiger partial charge < -0.3 is 4.74 Å². The maximum absolute atomic E-state index is 13.1. The van der Waals surface area contributed by atoms with E-state index >= 15 is 0 Å². The fourth-order valence-electron chi connectivity index (χ4n) is 2.38. The van der Waals surface area contributed by atoms with Crippen LogP contribution in [0.1, 0.15) is 32.8 Å². The number of benzene rings is 1. The van der Waals surface area contributed by atoms with Crippen molar-refractivity contribution in [2.24, 2.45) is 5.41 Å². The Labute approximate surface area is 123 Å². The van der Waals surface area contributed by atoms with Crippen molar-refractivity contribution in [3.8, 4) is 12.1 Å². The number of hydrogen-bond donors (Lipinski definition) is 0. The summed E-state index contributed by atoms with van der Waals surface area (Å²) in [6, 6.07) is 9.25. The Balaban J connectivity index is 3.51. The van der Waals surface area contributed by atoms with Crippen LogP contribution in [0.5, 0.6) is 0 Å². The zero-order chi connectivity index (χ0) is 16.1. The van der Waals surface area contributed by atoms with E-state index in [1.807, 2.05) is 6.07 Å². The molecule has 0 aromatic heterocycles. The Morgan fingerprint density at radius 2 is 1.81 bits per heavy atom. The molecule has 0 unspecified atom stereocenters. The minimum absolute atomic E-state index is 0.115. The maximum Gasteiger partial charge on any atom is 0.328 e. The van der Waals surface area contributed by atoms with Crippen LogP contribution in [0.25, 0.3) is 0 Å². The second-order valence-corrected chi connectivity index (χ2v) is 4.83. The first-order valence-electron chi connectivity index (χ1n) is 6.67. The molecule has 1 aromatic carbocycles. The van der Waals surface area contributed by atoms with E-state index in [1.54, 1.807) is 13.8 Å². The van der Waals surface area contributed by atoms with Gasteiger partial charge in [-0.1, -0.05) is 19.1 Å². The monoisotopic (exact) mass is 288 g/mol. The smallest absolute Gasteiger partial charge is 0.328 e. The molecule has 5 heteroatoms. The highest BCUT2D eigenvalue weighted by Gasteiger charge is 2.56. The van der Waals surface area contributed by atoms with Gasteiger partial charge in [0, 0.05) is 0 Å². The molecule has 2 atom stereocenters. The summed E-state index contributed by atoms with van der Waals surface area (Å²) >= 11 is 0. The van der Waals surface area contributed by atoms with Crippen molar-refractivity contribution < 1.29 is 13.9 Å². The molecule has 4 nitrogen and oxygen atoms in total. The van der Waals surface area contributed by atoms with Crippen molar-refractivity contribution in [1.82, 2.24) is 0 Å². The first kappa shape index (κ1) is 16.7. The summed E-state index contributed by atoms with van der Waals surface area (Å²) < 4.78 is 18.1. The molecule has 1 rings (SSSR count). The second kappa shape index (κ2) is 6.37. The van der Waals surface area contributed by atoms with Crippen LogP contribution in [-0.2, 0) is 14.9 Å². The predicted octanol–water partition coefficient (Wildman–Crippen LogP) is 3.09. The van der Waals surface area contributed by atoms with Gasteiger partial charge in [-0.3, -0.25) is 4.79 Å². The van der Waals surface area contributed by atoms with Crippen molar-refractivity contribution >= 4 is 5.97 Å². The molecule has 0 amide bonds. The maximum atomic E-state index is 13.1. The van der Waals surface area contributed by atoms with Crippen LogP contribution >= 0.6 is 0 Å². The van der Waals surface area contributed by atoms with E-state index in [0.29, 0.717) is 5.56 Å². The van der Waals surface area contributed by atoms with Gasteiger partial charge in [0.15, 0.2) is 5.41 Å². The number of carbonyl (C=O) groups is 1. The van der Waals surface area contributed by atoms with Gasteiger partial charge in [0.1, 0.15) is 11.2 Å². The SMILES string of the molecule is CCOC(=O)[C@@](C#N)(CC)[C@](C)(C#N)c1ccc(F)cc1. The average Bonchev–Trinajstić information content (AvgIpc) is 2.49. The van der Waals surface area contributed by atoms with E-state index in [9.17, 15) is 19.7 Å². The molecule has 0 saturated carbocycles. The molecule has 0 saturated heterocycles. The van der Waals surface area contributed by atoms with Crippen molar-refractivity contribution in [3.05, 3.63) is 35.6 Å². The van der Waals surface area contributed by atoms with E-state index in [1.165, 1.54) is 31.2 Å². The summed E-state index contributed by atoms with van der Waals surface area (Å²) in [5, 5.41) is 19.2. The van der Waals surface area contributed by atoms with Crippen LogP contribution in [0.4, 0.5) is 4.39 Å². The number of carbonyl (C=O) groups excluding carboxylic acids is 1. The predicted molar refractivity (Wildman–Crippen MR) is 74.3 cm³/mol. The quantitative estimate of drug-likeness (QED) is 0.780. The van der Waals surface area contributed by atoms with Crippen molar-refractivity contribution in [2.45, 2.75) is 32.6 Å². The molecule has 21 heavy (non-hydrogen) atoms. The molecule has 110 valence electrons.